The zero-order chi connectivity index (χ0) is 47.6. The van der Waals surface area contributed by atoms with Gasteiger partial charge in [-0.3, -0.25) is 4.79 Å². The second kappa shape index (κ2) is 59.5. The molecule has 0 rings (SSSR count). The van der Waals surface area contributed by atoms with Gasteiger partial charge >= 0.3 is 5.97 Å². The van der Waals surface area contributed by atoms with E-state index in [0.717, 1.165) is 13.0 Å². The van der Waals surface area contributed by atoms with Gasteiger partial charge in [0.1, 0.15) is 13.2 Å². The molecule has 0 aromatic heterocycles. The summed E-state index contributed by atoms with van der Waals surface area (Å²) in [7, 11) is 0. The van der Waals surface area contributed by atoms with Crippen molar-refractivity contribution in [2.75, 3.05) is 192 Å². The van der Waals surface area contributed by atoms with Crippen molar-refractivity contribution in [2.45, 2.75) is 110 Å². The van der Waals surface area contributed by atoms with Gasteiger partial charge in [-0.2, -0.15) is 0 Å². The fourth-order valence-corrected chi connectivity index (χ4v) is 6.04. The van der Waals surface area contributed by atoms with Crippen LogP contribution in [0.15, 0.2) is 0 Å². The van der Waals surface area contributed by atoms with Crippen LogP contribution >= 0.6 is 0 Å². The number of unbranched alkanes of at least 4 members (excludes halogenated alkanes) is 15. The molecule has 0 bridgehead atoms. The maximum atomic E-state index is 11.4. The molecule has 0 aliphatic carbocycles. The molecule has 0 spiro atoms. The molecular formula is C48H95NO17. The lowest BCUT2D eigenvalue weighted by atomic mass is 10.0. The second-order valence-corrected chi connectivity index (χ2v) is 15.5. The molecule has 0 aromatic carbocycles. The molecule has 18 heteroatoms. The summed E-state index contributed by atoms with van der Waals surface area (Å²) in [6, 6.07) is 0. The van der Waals surface area contributed by atoms with Crippen LogP contribution in [0.3, 0.4) is 0 Å². The molecule has 66 heavy (non-hydrogen) atoms. The number of nitrogens with one attached hydrogen (secondary N) is 1. The third-order valence-electron chi connectivity index (χ3n) is 9.63. The highest BCUT2D eigenvalue weighted by molar-refractivity contribution is 5.77. The summed E-state index contributed by atoms with van der Waals surface area (Å²) in [4.78, 5) is 21.7. The van der Waals surface area contributed by atoms with E-state index in [-0.39, 0.29) is 6.61 Å². The highest BCUT2D eigenvalue weighted by Crippen LogP contribution is 2.13. The van der Waals surface area contributed by atoms with Crippen LogP contribution in [0, 0.1) is 0 Å². The molecule has 18 nitrogen and oxygen atoms in total. The molecule has 0 fully saturated rings. The molecule has 0 saturated heterocycles. The van der Waals surface area contributed by atoms with Crippen molar-refractivity contribution in [1.82, 2.24) is 5.32 Å². The Labute approximate surface area is 398 Å². The van der Waals surface area contributed by atoms with Crippen LogP contribution in [0.4, 0.5) is 0 Å². The minimum absolute atomic E-state index is 0.299. The summed E-state index contributed by atoms with van der Waals surface area (Å²) in [5.41, 5.74) is 0. The third kappa shape index (κ3) is 60.4. The number of carbonyl (C=O) groups excluding carboxylic acids is 1. The van der Waals surface area contributed by atoms with Crippen LogP contribution in [0.1, 0.15) is 110 Å². The number of hydrogen-bond donors (Lipinski definition) is 2. The Kier molecular flexibility index (Phi) is 58.0. The van der Waals surface area contributed by atoms with Gasteiger partial charge in [0.25, 0.3) is 0 Å². The quantitative estimate of drug-likeness (QED) is 0.0706. The first-order valence-electron chi connectivity index (χ1n) is 25.2. The fraction of sp³-hybridized carbons (Fsp3) is 0.958. The van der Waals surface area contributed by atoms with Gasteiger partial charge in [0.2, 0.25) is 5.91 Å². The van der Waals surface area contributed by atoms with E-state index in [9.17, 15) is 9.59 Å². The maximum Gasteiger partial charge on any atom is 0.329 e. The number of aliphatic carboxylic acids is 1. The van der Waals surface area contributed by atoms with E-state index in [1.165, 1.54) is 96.3 Å². The Morgan fingerprint density at radius 3 is 0.773 bits per heavy atom. The van der Waals surface area contributed by atoms with Gasteiger partial charge in [0.05, 0.1) is 165 Å². The molecule has 0 radical (unpaired) electrons. The molecule has 0 saturated carbocycles. The molecule has 0 aliphatic heterocycles. The summed E-state index contributed by atoms with van der Waals surface area (Å²) >= 11 is 0. The van der Waals surface area contributed by atoms with Crippen molar-refractivity contribution in [3.8, 4) is 0 Å². The molecule has 0 aromatic rings. The average molecular weight is 958 g/mol. The topological polar surface area (TPSA) is 196 Å². The summed E-state index contributed by atoms with van der Waals surface area (Å²) in [6.45, 7) is 14.8. The van der Waals surface area contributed by atoms with Crippen LogP contribution in [0.2, 0.25) is 0 Å². The zero-order valence-corrected chi connectivity index (χ0v) is 41.3. The average Bonchev–Trinajstić information content (AvgIpc) is 3.31. The summed E-state index contributed by atoms with van der Waals surface area (Å²) in [5, 5.41) is 11.0. The lowest BCUT2D eigenvalue weighted by molar-refractivity contribution is -0.143. The van der Waals surface area contributed by atoms with Crippen molar-refractivity contribution >= 4 is 11.9 Å². The van der Waals surface area contributed by atoms with E-state index in [1.807, 2.05) is 0 Å². The molecule has 0 aliphatic rings. The van der Waals surface area contributed by atoms with E-state index >= 15 is 0 Å². The number of rotatable bonds is 60. The molecule has 394 valence electrons. The predicted molar refractivity (Wildman–Crippen MR) is 252 cm³/mol. The first-order chi connectivity index (χ1) is 32.7. The van der Waals surface area contributed by atoms with Crippen LogP contribution in [-0.2, 0) is 75.9 Å². The number of hydrogen-bond acceptors (Lipinski definition) is 16. The van der Waals surface area contributed by atoms with Gasteiger partial charge in [-0.1, -0.05) is 103 Å². The molecule has 0 unspecified atom stereocenters. The van der Waals surface area contributed by atoms with Crippen molar-refractivity contribution in [3.05, 3.63) is 0 Å². The lowest BCUT2D eigenvalue weighted by Crippen LogP contribution is -2.31. The number of carboxylic acids is 1. The Morgan fingerprint density at radius 1 is 0.288 bits per heavy atom. The standard InChI is InChI=1S/C48H95NO17/c1-2-3-4-5-6-7-8-9-10-11-12-13-14-15-16-17-19-53-21-23-55-25-27-57-29-31-59-33-35-61-37-39-63-41-43-65-44-42-64-40-38-62-36-34-60-32-30-58-28-26-56-24-22-54-20-18-49-47(50)45-66-46-48(51)52/h2-46H2,1H3,(H,49,50)(H,51,52). The SMILES string of the molecule is CCCCCCCCCCCCCCCCCCOCCOCCOCCOCCOCCOCCOCCOCCOCCOCCOCCOCCOCCNC(=O)COCC(=O)O. The van der Waals surface area contributed by atoms with Gasteiger partial charge in [0.15, 0.2) is 0 Å². The van der Waals surface area contributed by atoms with Crippen molar-refractivity contribution in [2.24, 2.45) is 0 Å². The van der Waals surface area contributed by atoms with Gasteiger partial charge in [-0.25, -0.2) is 4.79 Å². The number of amides is 1. The predicted octanol–water partition coefficient (Wildman–Crippen LogP) is 5.68. The van der Waals surface area contributed by atoms with Crippen molar-refractivity contribution < 1.29 is 81.0 Å². The fourth-order valence-electron chi connectivity index (χ4n) is 6.04. The number of carbonyl (C=O) groups is 2. The normalized spacial score (nSPS) is 11.5. The zero-order valence-electron chi connectivity index (χ0n) is 41.3. The van der Waals surface area contributed by atoms with E-state index < -0.39 is 18.5 Å². The number of carboxylic acid groups (broad SMARTS) is 1. The van der Waals surface area contributed by atoms with Crippen molar-refractivity contribution in [1.29, 1.82) is 0 Å². The molecule has 0 heterocycles. The Hall–Kier alpha value is -1.62. The molecular weight excluding hydrogens is 863 g/mol. The molecule has 0 atom stereocenters. The maximum absolute atomic E-state index is 11.4. The van der Waals surface area contributed by atoms with E-state index in [2.05, 4.69) is 17.0 Å². The summed E-state index contributed by atoms with van der Waals surface area (Å²) in [5.74, 6) is -1.52. The van der Waals surface area contributed by atoms with Crippen LogP contribution in [0.25, 0.3) is 0 Å². The summed E-state index contributed by atoms with van der Waals surface area (Å²) < 4.78 is 76.3. The highest BCUT2D eigenvalue weighted by atomic mass is 16.6. The first kappa shape index (κ1) is 64.4. The smallest absolute Gasteiger partial charge is 0.329 e. The monoisotopic (exact) mass is 958 g/mol. The largest absolute Gasteiger partial charge is 0.480 e. The molecule has 1 amide bonds. The van der Waals surface area contributed by atoms with Gasteiger partial charge in [0, 0.05) is 13.2 Å². The van der Waals surface area contributed by atoms with Crippen LogP contribution in [0.5, 0.6) is 0 Å². The van der Waals surface area contributed by atoms with Crippen molar-refractivity contribution in [3.63, 3.8) is 0 Å². The second-order valence-electron chi connectivity index (χ2n) is 15.5. The third-order valence-corrected chi connectivity index (χ3v) is 9.63. The van der Waals surface area contributed by atoms with Gasteiger partial charge < -0.3 is 76.7 Å². The van der Waals surface area contributed by atoms with Crippen LogP contribution in [-0.4, -0.2) is 209 Å². The van der Waals surface area contributed by atoms with Gasteiger partial charge in [-0.05, 0) is 6.42 Å². The Morgan fingerprint density at radius 2 is 0.515 bits per heavy atom. The summed E-state index contributed by atoms with van der Waals surface area (Å²) in [6.07, 6.45) is 22.1. The van der Waals surface area contributed by atoms with E-state index in [1.54, 1.807) is 0 Å². The number of ether oxygens (including phenoxy) is 14. The minimum Gasteiger partial charge on any atom is -0.480 e. The Balaban J connectivity index is 3.09. The Bertz CT molecular complexity index is 942. The lowest BCUT2D eigenvalue weighted by Gasteiger charge is -2.09. The minimum atomic E-state index is -1.12. The highest BCUT2D eigenvalue weighted by Gasteiger charge is 2.03. The molecule has 2 N–H and O–H groups in total. The van der Waals surface area contributed by atoms with Gasteiger partial charge in [-0.15, -0.1) is 0 Å². The first-order valence-corrected chi connectivity index (χ1v) is 25.2. The van der Waals surface area contributed by atoms with E-state index in [0.29, 0.717) is 172 Å². The van der Waals surface area contributed by atoms with Crippen LogP contribution < -0.4 is 5.32 Å². The van der Waals surface area contributed by atoms with E-state index in [4.69, 9.17) is 66.7 Å².